The van der Waals surface area contributed by atoms with Gasteiger partial charge < -0.3 is 9.88 Å². The van der Waals surface area contributed by atoms with Gasteiger partial charge in [-0.05, 0) is 25.8 Å². The number of likely N-dealkylation sites (tertiary alicyclic amines) is 1. The van der Waals surface area contributed by atoms with E-state index >= 15 is 0 Å². The van der Waals surface area contributed by atoms with E-state index in [-0.39, 0.29) is 11.9 Å². The second-order valence-electron chi connectivity index (χ2n) is 4.98. The molecule has 100 valence electrons. The Labute approximate surface area is 111 Å². The molecule has 0 spiro atoms. The summed E-state index contributed by atoms with van der Waals surface area (Å²) in [5.74, 6) is 0.858. The van der Waals surface area contributed by atoms with Crippen molar-refractivity contribution in [2.45, 2.75) is 25.8 Å². The highest BCUT2D eigenvalue weighted by atomic mass is 16.2. The summed E-state index contributed by atoms with van der Waals surface area (Å²) in [6.07, 6.45) is 5.54. The lowest BCUT2D eigenvalue weighted by Gasteiger charge is -2.22. The summed E-state index contributed by atoms with van der Waals surface area (Å²) in [6.45, 7) is 2.73. The number of carbonyl (C=O) groups is 1. The Morgan fingerprint density at radius 1 is 1.53 bits per heavy atom. The van der Waals surface area contributed by atoms with Crippen molar-refractivity contribution >= 4 is 5.91 Å². The maximum atomic E-state index is 12.5. The Balaban J connectivity index is 1.85. The van der Waals surface area contributed by atoms with Gasteiger partial charge in [0.05, 0.1) is 6.04 Å². The molecule has 0 bridgehead atoms. The lowest BCUT2D eigenvalue weighted by Crippen LogP contribution is -2.31. The van der Waals surface area contributed by atoms with Gasteiger partial charge in [-0.3, -0.25) is 9.48 Å². The zero-order chi connectivity index (χ0) is 13.4. The van der Waals surface area contributed by atoms with E-state index in [1.54, 1.807) is 23.1 Å². The molecule has 1 N–H and O–H groups in total. The van der Waals surface area contributed by atoms with Crippen molar-refractivity contribution in [2.24, 2.45) is 7.05 Å². The molecule has 19 heavy (non-hydrogen) atoms. The van der Waals surface area contributed by atoms with Crippen molar-refractivity contribution in [1.29, 1.82) is 0 Å². The van der Waals surface area contributed by atoms with E-state index in [0.29, 0.717) is 5.69 Å². The zero-order valence-electron chi connectivity index (χ0n) is 11.1. The molecule has 0 radical (unpaired) electrons. The van der Waals surface area contributed by atoms with Gasteiger partial charge in [0.25, 0.3) is 5.91 Å². The predicted octanol–water partition coefficient (Wildman–Crippen LogP) is 1.43. The highest BCUT2D eigenvalue weighted by molar-refractivity contribution is 5.92. The molecule has 1 amide bonds. The van der Waals surface area contributed by atoms with Crippen LogP contribution >= 0.6 is 0 Å². The third kappa shape index (κ3) is 2.14. The van der Waals surface area contributed by atoms with Gasteiger partial charge in [-0.25, -0.2) is 4.98 Å². The van der Waals surface area contributed by atoms with Crippen LogP contribution in [0.15, 0.2) is 18.5 Å². The third-order valence-corrected chi connectivity index (χ3v) is 3.48. The quantitative estimate of drug-likeness (QED) is 0.887. The van der Waals surface area contributed by atoms with Gasteiger partial charge in [-0.1, -0.05) is 0 Å². The molecule has 6 nitrogen and oxygen atoms in total. The number of H-pyrrole nitrogens is 1. The molecule has 1 atom stereocenters. The summed E-state index contributed by atoms with van der Waals surface area (Å²) >= 11 is 0. The Morgan fingerprint density at radius 3 is 3.00 bits per heavy atom. The molecule has 3 heterocycles. The van der Waals surface area contributed by atoms with Gasteiger partial charge in [0, 0.05) is 31.7 Å². The first-order chi connectivity index (χ1) is 9.15. The van der Waals surface area contributed by atoms with Crippen LogP contribution < -0.4 is 0 Å². The SMILES string of the molecule is Cc1cnc([C@H]2CCCN2C(=O)c2ccn(C)n2)[nH]1. The number of carbonyl (C=O) groups excluding carboxylic acids is 1. The van der Waals surface area contributed by atoms with E-state index in [1.165, 1.54) is 0 Å². The molecule has 1 fully saturated rings. The number of nitrogens with zero attached hydrogens (tertiary/aromatic N) is 4. The topological polar surface area (TPSA) is 66.8 Å². The van der Waals surface area contributed by atoms with Gasteiger partial charge in [0.2, 0.25) is 0 Å². The molecule has 1 aliphatic rings. The van der Waals surface area contributed by atoms with Crippen LogP contribution in [-0.4, -0.2) is 37.1 Å². The molecule has 2 aromatic rings. The average molecular weight is 259 g/mol. The highest BCUT2D eigenvalue weighted by Crippen LogP contribution is 2.31. The van der Waals surface area contributed by atoms with E-state index in [4.69, 9.17) is 0 Å². The van der Waals surface area contributed by atoms with Crippen molar-refractivity contribution in [3.8, 4) is 0 Å². The molecular weight excluding hydrogens is 242 g/mol. The summed E-state index contributed by atoms with van der Waals surface area (Å²) in [4.78, 5) is 21.9. The first kappa shape index (κ1) is 12.0. The molecule has 3 rings (SSSR count). The van der Waals surface area contributed by atoms with Gasteiger partial charge in [0.15, 0.2) is 0 Å². The fraction of sp³-hybridized carbons (Fsp3) is 0.462. The number of hydrogen-bond acceptors (Lipinski definition) is 3. The molecule has 6 heteroatoms. The Hall–Kier alpha value is -2.11. The lowest BCUT2D eigenvalue weighted by molar-refractivity contribution is 0.0723. The van der Waals surface area contributed by atoms with E-state index in [2.05, 4.69) is 15.1 Å². The van der Waals surface area contributed by atoms with Crippen LogP contribution in [0.3, 0.4) is 0 Å². The standard InChI is InChI=1S/C13H17N5O/c1-9-8-14-12(15-9)11-4-3-6-18(11)13(19)10-5-7-17(2)16-10/h5,7-8,11H,3-4,6H2,1-2H3,(H,14,15)/t11-/m1/s1. The largest absolute Gasteiger partial charge is 0.344 e. The third-order valence-electron chi connectivity index (χ3n) is 3.48. The van der Waals surface area contributed by atoms with Crippen molar-refractivity contribution < 1.29 is 4.79 Å². The van der Waals surface area contributed by atoms with Crippen LogP contribution in [0.1, 0.15) is 40.9 Å². The van der Waals surface area contributed by atoms with E-state index < -0.39 is 0 Å². The molecule has 0 aromatic carbocycles. The predicted molar refractivity (Wildman–Crippen MR) is 69.5 cm³/mol. The summed E-state index contributed by atoms with van der Waals surface area (Å²) < 4.78 is 1.65. The number of imidazole rings is 1. The fourth-order valence-electron chi connectivity index (χ4n) is 2.57. The molecule has 1 aliphatic heterocycles. The number of aryl methyl sites for hydroxylation is 2. The van der Waals surface area contributed by atoms with Gasteiger partial charge in [0.1, 0.15) is 11.5 Å². The summed E-state index contributed by atoms with van der Waals surface area (Å²) in [7, 11) is 1.81. The van der Waals surface area contributed by atoms with E-state index in [9.17, 15) is 4.79 Å². The Kier molecular flexibility index (Phi) is 2.85. The zero-order valence-corrected chi connectivity index (χ0v) is 11.1. The minimum absolute atomic E-state index is 0.0165. The minimum atomic E-state index is -0.0165. The van der Waals surface area contributed by atoms with Crippen LogP contribution in [0.2, 0.25) is 0 Å². The van der Waals surface area contributed by atoms with E-state index in [0.717, 1.165) is 30.9 Å². The Morgan fingerprint density at radius 2 is 2.37 bits per heavy atom. The number of amides is 1. The number of aromatic nitrogens is 4. The molecule has 1 saturated heterocycles. The molecule has 0 saturated carbocycles. The molecule has 0 aliphatic carbocycles. The van der Waals surface area contributed by atoms with Gasteiger partial charge in [-0.15, -0.1) is 0 Å². The number of aromatic amines is 1. The number of rotatable bonds is 2. The van der Waals surface area contributed by atoms with Crippen LogP contribution in [0.5, 0.6) is 0 Å². The van der Waals surface area contributed by atoms with Crippen molar-refractivity contribution in [2.75, 3.05) is 6.54 Å². The maximum absolute atomic E-state index is 12.5. The van der Waals surface area contributed by atoms with Crippen LogP contribution in [0.25, 0.3) is 0 Å². The van der Waals surface area contributed by atoms with Crippen molar-refractivity contribution in [3.05, 3.63) is 35.7 Å². The lowest BCUT2D eigenvalue weighted by atomic mass is 10.2. The van der Waals surface area contributed by atoms with Gasteiger partial charge in [-0.2, -0.15) is 5.10 Å². The second-order valence-corrected chi connectivity index (χ2v) is 4.98. The number of nitrogens with one attached hydrogen (secondary N) is 1. The Bertz CT molecular complexity index is 600. The normalized spacial score (nSPS) is 19.1. The smallest absolute Gasteiger partial charge is 0.274 e. The monoisotopic (exact) mass is 259 g/mol. The van der Waals surface area contributed by atoms with Crippen LogP contribution in [0.4, 0.5) is 0 Å². The van der Waals surface area contributed by atoms with E-state index in [1.807, 2.05) is 18.9 Å². The summed E-state index contributed by atoms with van der Waals surface area (Å²) in [6, 6.07) is 1.80. The summed E-state index contributed by atoms with van der Waals surface area (Å²) in [5.41, 5.74) is 1.52. The second kappa shape index (κ2) is 4.53. The fourth-order valence-corrected chi connectivity index (χ4v) is 2.57. The van der Waals surface area contributed by atoms with Gasteiger partial charge >= 0.3 is 0 Å². The van der Waals surface area contributed by atoms with Crippen molar-refractivity contribution in [3.63, 3.8) is 0 Å². The minimum Gasteiger partial charge on any atom is -0.344 e. The van der Waals surface area contributed by atoms with Crippen molar-refractivity contribution in [1.82, 2.24) is 24.6 Å². The maximum Gasteiger partial charge on any atom is 0.274 e. The van der Waals surface area contributed by atoms with Crippen LogP contribution in [0, 0.1) is 6.92 Å². The summed E-state index contributed by atoms with van der Waals surface area (Å²) in [5, 5.41) is 4.18. The first-order valence-corrected chi connectivity index (χ1v) is 6.47. The number of hydrogen-bond donors (Lipinski definition) is 1. The molecule has 2 aromatic heterocycles. The van der Waals surface area contributed by atoms with Crippen LogP contribution in [-0.2, 0) is 7.05 Å². The average Bonchev–Trinajstić information content (AvgIpc) is 3.07. The molecular formula is C13H17N5O. The molecule has 0 unspecified atom stereocenters. The highest BCUT2D eigenvalue weighted by Gasteiger charge is 2.33. The first-order valence-electron chi connectivity index (χ1n) is 6.47.